The molecule has 2 aromatic carbocycles. The fourth-order valence-corrected chi connectivity index (χ4v) is 5.18. The van der Waals surface area contributed by atoms with Gasteiger partial charge in [-0.05, 0) is 60.9 Å². The van der Waals surface area contributed by atoms with Crippen molar-refractivity contribution >= 4 is 55.9 Å². The summed E-state index contributed by atoms with van der Waals surface area (Å²) < 4.78 is 1.00. The molecule has 2 amide bonds. The number of piperidine rings is 1. The first-order valence-electron chi connectivity index (χ1n) is 9.61. The van der Waals surface area contributed by atoms with Crippen LogP contribution in [0.4, 0.5) is 5.69 Å². The van der Waals surface area contributed by atoms with Crippen molar-refractivity contribution in [1.82, 2.24) is 9.88 Å². The second-order valence-electron chi connectivity index (χ2n) is 7.90. The first-order chi connectivity index (χ1) is 13.9. The Labute approximate surface area is 181 Å². The largest absolute Gasteiger partial charge is 0.351 e. The van der Waals surface area contributed by atoms with Crippen LogP contribution in [-0.2, 0) is 10.2 Å². The first-order valence-corrected chi connectivity index (χ1v) is 10.8. The molecule has 0 unspecified atom stereocenters. The third-order valence-electron chi connectivity index (χ3n) is 6.15. The van der Waals surface area contributed by atoms with Gasteiger partial charge in [-0.2, -0.15) is 0 Å². The van der Waals surface area contributed by atoms with Gasteiger partial charge in [0.2, 0.25) is 5.91 Å². The van der Waals surface area contributed by atoms with E-state index in [2.05, 4.69) is 32.3 Å². The predicted octanol–water partition coefficient (Wildman–Crippen LogP) is 5.10. The van der Waals surface area contributed by atoms with Crippen molar-refractivity contribution in [2.45, 2.75) is 24.7 Å². The number of carbonyl (C=O) groups excluding carboxylic acids is 2. The van der Waals surface area contributed by atoms with E-state index in [1.807, 2.05) is 41.3 Å². The Hall–Kier alpha value is -2.31. The molecule has 148 valence electrons. The molecule has 1 aromatic heterocycles. The lowest BCUT2D eigenvalue weighted by Crippen LogP contribution is -2.48. The number of H-pyrrole nitrogens is 1. The van der Waals surface area contributed by atoms with E-state index in [0.717, 1.165) is 33.9 Å². The van der Waals surface area contributed by atoms with Crippen molar-refractivity contribution in [2.24, 2.45) is 0 Å². The minimum absolute atomic E-state index is 0.0121. The molecule has 2 N–H and O–H groups in total. The molecular formula is C22H19BrClN3O2. The number of carbonyl (C=O) groups is 2. The van der Waals surface area contributed by atoms with Gasteiger partial charge in [0.05, 0.1) is 0 Å². The summed E-state index contributed by atoms with van der Waals surface area (Å²) >= 11 is 9.61. The Morgan fingerprint density at radius 3 is 2.69 bits per heavy atom. The number of hydrogen-bond acceptors (Lipinski definition) is 2. The second-order valence-corrected chi connectivity index (χ2v) is 9.25. The molecule has 1 spiro atoms. The molecule has 29 heavy (non-hydrogen) atoms. The van der Waals surface area contributed by atoms with Gasteiger partial charge in [-0.25, -0.2) is 0 Å². The maximum absolute atomic E-state index is 13.1. The predicted molar refractivity (Wildman–Crippen MR) is 118 cm³/mol. The third-order valence-corrected chi connectivity index (χ3v) is 6.88. The molecule has 0 bridgehead atoms. The highest BCUT2D eigenvalue weighted by Gasteiger charge is 2.43. The van der Waals surface area contributed by atoms with Crippen LogP contribution in [0, 0.1) is 0 Å². The smallest absolute Gasteiger partial charge is 0.270 e. The Kier molecular flexibility index (Phi) is 4.44. The number of likely N-dealkylation sites (tertiary alicyclic amines) is 1. The quantitative estimate of drug-likeness (QED) is 0.517. The Bertz CT molecular complexity index is 1150. The van der Waals surface area contributed by atoms with Gasteiger partial charge in [-0.15, -0.1) is 0 Å². The van der Waals surface area contributed by atoms with Crippen molar-refractivity contribution in [1.29, 1.82) is 0 Å². The number of aromatic amines is 1. The monoisotopic (exact) mass is 471 g/mol. The van der Waals surface area contributed by atoms with E-state index in [1.54, 1.807) is 0 Å². The van der Waals surface area contributed by atoms with Crippen molar-refractivity contribution in [3.05, 3.63) is 63.2 Å². The molecule has 0 aliphatic carbocycles. The first kappa shape index (κ1) is 18.7. The molecule has 0 saturated carbocycles. The normalized spacial score (nSPS) is 18.0. The van der Waals surface area contributed by atoms with Crippen molar-refractivity contribution in [2.75, 3.05) is 18.4 Å². The summed E-state index contributed by atoms with van der Waals surface area (Å²) in [5.74, 6) is 0.0361. The number of fused-ring (bicyclic) bond motifs is 3. The van der Waals surface area contributed by atoms with Gasteiger partial charge in [-0.3, -0.25) is 9.59 Å². The molecule has 1 saturated heterocycles. The highest BCUT2D eigenvalue weighted by Crippen LogP contribution is 2.46. The SMILES string of the molecule is O=C1CC2(CCN(C(=O)c3cc4cc(Cl)ccc4[nH]3)CC2)c2cc(Br)ccc2N1. The maximum atomic E-state index is 13.1. The molecule has 5 rings (SSSR count). The van der Waals surface area contributed by atoms with Crippen LogP contribution in [0.2, 0.25) is 5.02 Å². The highest BCUT2D eigenvalue weighted by atomic mass is 79.9. The number of halogens is 2. The van der Waals surface area contributed by atoms with Crippen LogP contribution in [-0.4, -0.2) is 34.8 Å². The van der Waals surface area contributed by atoms with E-state index in [4.69, 9.17) is 11.6 Å². The van der Waals surface area contributed by atoms with Gasteiger partial charge < -0.3 is 15.2 Å². The van der Waals surface area contributed by atoms with E-state index >= 15 is 0 Å². The lowest BCUT2D eigenvalue weighted by Gasteiger charge is -2.44. The molecule has 5 nitrogen and oxygen atoms in total. The Morgan fingerprint density at radius 2 is 1.90 bits per heavy atom. The molecule has 0 radical (unpaired) electrons. The number of aromatic nitrogens is 1. The summed E-state index contributed by atoms with van der Waals surface area (Å²) in [6, 6.07) is 13.4. The lowest BCUT2D eigenvalue weighted by atomic mass is 9.68. The van der Waals surface area contributed by atoms with Gasteiger partial charge in [-0.1, -0.05) is 27.5 Å². The van der Waals surface area contributed by atoms with E-state index in [9.17, 15) is 9.59 Å². The molecule has 2 aliphatic rings. The van der Waals surface area contributed by atoms with Gasteiger partial charge >= 0.3 is 0 Å². The van der Waals surface area contributed by atoms with Gasteiger partial charge in [0, 0.05) is 51.0 Å². The average molecular weight is 473 g/mol. The number of benzene rings is 2. The fraction of sp³-hybridized carbons (Fsp3) is 0.273. The Balaban J connectivity index is 1.39. The number of nitrogens with zero attached hydrogens (tertiary/aromatic N) is 1. The van der Waals surface area contributed by atoms with Crippen molar-refractivity contribution in [3.8, 4) is 0 Å². The molecule has 2 aliphatic heterocycles. The molecule has 7 heteroatoms. The number of hydrogen-bond donors (Lipinski definition) is 2. The zero-order valence-electron chi connectivity index (χ0n) is 15.6. The van der Waals surface area contributed by atoms with Crippen LogP contribution < -0.4 is 5.32 Å². The van der Waals surface area contributed by atoms with Crippen LogP contribution >= 0.6 is 27.5 Å². The zero-order chi connectivity index (χ0) is 20.2. The molecule has 3 heterocycles. The molecule has 3 aromatic rings. The Morgan fingerprint density at radius 1 is 1.10 bits per heavy atom. The maximum Gasteiger partial charge on any atom is 0.270 e. The van der Waals surface area contributed by atoms with Crippen LogP contribution in [0.1, 0.15) is 35.3 Å². The molecule has 0 atom stereocenters. The molecule has 1 fully saturated rings. The van der Waals surface area contributed by atoms with Crippen molar-refractivity contribution < 1.29 is 9.59 Å². The number of nitrogens with one attached hydrogen (secondary N) is 2. The lowest BCUT2D eigenvalue weighted by molar-refractivity contribution is -0.118. The second kappa shape index (κ2) is 6.89. The number of anilines is 1. The topological polar surface area (TPSA) is 65.2 Å². The minimum Gasteiger partial charge on any atom is -0.351 e. The summed E-state index contributed by atoms with van der Waals surface area (Å²) in [5.41, 5.74) is 3.30. The highest BCUT2D eigenvalue weighted by molar-refractivity contribution is 9.10. The number of rotatable bonds is 1. The summed E-state index contributed by atoms with van der Waals surface area (Å²) in [6.45, 7) is 1.24. The number of amides is 2. The average Bonchev–Trinajstić information content (AvgIpc) is 3.12. The standard InChI is InChI=1S/C22H19BrClN3O2/c23-14-1-3-18-16(11-14)22(12-20(28)26-18)5-7-27(8-6-22)21(29)19-10-13-9-15(24)2-4-17(13)25-19/h1-4,9-11,25H,5-8,12H2,(H,26,28). The van der Waals surface area contributed by atoms with Gasteiger partial charge in [0.25, 0.3) is 5.91 Å². The van der Waals surface area contributed by atoms with Crippen LogP contribution in [0.3, 0.4) is 0 Å². The van der Waals surface area contributed by atoms with Crippen LogP contribution in [0.5, 0.6) is 0 Å². The van der Waals surface area contributed by atoms with Gasteiger partial charge in [0.1, 0.15) is 5.69 Å². The van der Waals surface area contributed by atoms with Crippen LogP contribution in [0.15, 0.2) is 46.9 Å². The van der Waals surface area contributed by atoms with Crippen LogP contribution in [0.25, 0.3) is 10.9 Å². The van der Waals surface area contributed by atoms with Gasteiger partial charge in [0.15, 0.2) is 0 Å². The van der Waals surface area contributed by atoms with Crippen molar-refractivity contribution in [3.63, 3.8) is 0 Å². The summed E-state index contributed by atoms with van der Waals surface area (Å²) in [7, 11) is 0. The fourth-order valence-electron chi connectivity index (χ4n) is 4.63. The van der Waals surface area contributed by atoms with E-state index in [0.29, 0.717) is 30.2 Å². The summed E-state index contributed by atoms with van der Waals surface area (Å²) in [4.78, 5) is 30.5. The minimum atomic E-state index is -0.216. The molecular weight excluding hydrogens is 454 g/mol. The van der Waals surface area contributed by atoms with E-state index < -0.39 is 0 Å². The summed E-state index contributed by atoms with van der Waals surface area (Å²) in [5, 5.41) is 4.56. The third kappa shape index (κ3) is 3.24. The summed E-state index contributed by atoms with van der Waals surface area (Å²) in [6.07, 6.45) is 1.99. The van der Waals surface area contributed by atoms with E-state index in [1.165, 1.54) is 5.56 Å². The zero-order valence-corrected chi connectivity index (χ0v) is 17.9. The van der Waals surface area contributed by atoms with E-state index in [-0.39, 0.29) is 17.2 Å².